The molecule has 0 spiro atoms. The SMILES string of the molecule is CN(C)CC#Cc1ccc(S(=O)(=O)N2CCC(Nc3nc(N)c(C(=O)c4c(F)cccc4F)s3)CC2)cn1. The molecule has 4 rings (SSSR count). The molecule has 13 heteroatoms. The average molecular weight is 561 g/mol. The van der Waals surface area contributed by atoms with Crippen molar-refractivity contribution in [3.05, 3.63) is 64.3 Å². The molecule has 0 amide bonds. The van der Waals surface area contributed by atoms with E-state index in [4.69, 9.17) is 5.73 Å². The van der Waals surface area contributed by atoms with Crippen LogP contribution >= 0.6 is 11.3 Å². The highest BCUT2D eigenvalue weighted by Crippen LogP contribution is 2.31. The predicted molar refractivity (Wildman–Crippen MR) is 141 cm³/mol. The summed E-state index contributed by atoms with van der Waals surface area (Å²) in [6.07, 6.45) is 2.27. The number of piperidine rings is 1. The first kappa shape index (κ1) is 27.6. The Labute approximate surface area is 223 Å². The van der Waals surface area contributed by atoms with Crippen molar-refractivity contribution in [1.82, 2.24) is 19.2 Å². The quantitative estimate of drug-likeness (QED) is 0.334. The van der Waals surface area contributed by atoms with Gasteiger partial charge in [0, 0.05) is 25.3 Å². The molecule has 1 aromatic carbocycles. The Morgan fingerprint density at radius 3 is 2.50 bits per heavy atom. The van der Waals surface area contributed by atoms with Crippen LogP contribution in [-0.2, 0) is 10.0 Å². The second kappa shape index (κ2) is 11.5. The molecule has 0 saturated carbocycles. The Balaban J connectivity index is 1.38. The molecule has 3 aromatic rings. The van der Waals surface area contributed by atoms with Gasteiger partial charge >= 0.3 is 0 Å². The van der Waals surface area contributed by atoms with E-state index in [9.17, 15) is 22.0 Å². The molecule has 0 bridgehead atoms. The fourth-order valence-corrected chi connectivity index (χ4v) is 6.17. The van der Waals surface area contributed by atoms with Gasteiger partial charge < -0.3 is 11.1 Å². The van der Waals surface area contributed by atoms with Crippen LogP contribution in [0, 0.1) is 23.5 Å². The first-order valence-electron chi connectivity index (χ1n) is 11.7. The number of ketones is 1. The van der Waals surface area contributed by atoms with Gasteiger partial charge in [0.25, 0.3) is 0 Å². The smallest absolute Gasteiger partial charge is 0.244 e. The Bertz CT molecular complexity index is 1470. The highest BCUT2D eigenvalue weighted by Gasteiger charge is 2.31. The van der Waals surface area contributed by atoms with E-state index in [1.807, 2.05) is 19.0 Å². The van der Waals surface area contributed by atoms with Gasteiger partial charge in [0.15, 0.2) is 5.13 Å². The van der Waals surface area contributed by atoms with Crippen LogP contribution in [0.15, 0.2) is 41.4 Å². The van der Waals surface area contributed by atoms with Gasteiger partial charge in [-0.05, 0) is 57.1 Å². The molecule has 0 unspecified atom stereocenters. The molecule has 1 fully saturated rings. The largest absolute Gasteiger partial charge is 0.382 e. The van der Waals surface area contributed by atoms with Gasteiger partial charge in [-0.15, -0.1) is 0 Å². The summed E-state index contributed by atoms with van der Waals surface area (Å²) in [7, 11) is 0.0771. The molecular formula is C25H26F2N6O3S2. The number of nitrogens with zero attached hydrogens (tertiary/aromatic N) is 4. The minimum Gasteiger partial charge on any atom is -0.382 e. The minimum absolute atomic E-state index is 0.0705. The van der Waals surface area contributed by atoms with Crippen molar-refractivity contribution in [2.45, 2.75) is 23.8 Å². The number of nitrogens with two attached hydrogens (primary N) is 1. The van der Waals surface area contributed by atoms with Crippen molar-refractivity contribution in [3.63, 3.8) is 0 Å². The van der Waals surface area contributed by atoms with E-state index in [0.717, 1.165) is 23.5 Å². The zero-order chi connectivity index (χ0) is 27.4. The lowest BCUT2D eigenvalue weighted by molar-refractivity contribution is 0.103. The summed E-state index contributed by atoms with van der Waals surface area (Å²) < 4.78 is 55.6. The summed E-state index contributed by atoms with van der Waals surface area (Å²) in [5.41, 5.74) is 5.68. The molecular weight excluding hydrogens is 534 g/mol. The first-order valence-corrected chi connectivity index (χ1v) is 13.9. The van der Waals surface area contributed by atoms with E-state index in [2.05, 4.69) is 27.1 Å². The number of halogens is 2. The lowest BCUT2D eigenvalue weighted by Gasteiger charge is -2.31. The number of nitrogen functional groups attached to an aromatic ring is 1. The molecule has 3 heterocycles. The summed E-state index contributed by atoms with van der Waals surface area (Å²) in [5, 5.41) is 3.48. The molecule has 1 aliphatic heterocycles. The van der Waals surface area contributed by atoms with Crippen LogP contribution in [-0.4, -0.2) is 73.1 Å². The molecule has 0 atom stereocenters. The van der Waals surface area contributed by atoms with Crippen molar-refractivity contribution < 1.29 is 22.0 Å². The van der Waals surface area contributed by atoms with Crippen LogP contribution in [0.3, 0.4) is 0 Å². The second-order valence-corrected chi connectivity index (χ2v) is 11.8. The molecule has 1 aliphatic rings. The summed E-state index contributed by atoms with van der Waals surface area (Å²) >= 11 is 0.901. The van der Waals surface area contributed by atoms with E-state index in [1.54, 1.807) is 6.07 Å². The van der Waals surface area contributed by atoms with Gasteiger partial charge in [-0.25, -0.2) is 27.2 Å². The normalized spacial score (nSPS) is 14.8. The molecule has 38 heavy (non-hydrogen) atoms. The van der Waals surface area contributed by atoms with Gasteiger partial charge in [0.05, 0.1) is 12.1 Å². The number of rotatable bonds is 7. The van der Waals surface area contributed by atoms with Crippen LogP contribution in [0.4, 0.5) is 19.7 Å². The summed E-state index contributed by atoms with van der Waals surface area (Å²) in [5.74, 6) is 2.88. The maximum Gasteiger partial charge on any atom is 0.244 e. The summed E-state index contributed by atoms with van der Waals surface area (Å²) in [4.78, 5) is 22.9. The minimum atomic E-state index is -3.72. The van der Waals surface area contributed by atoms with Gasteiger partial charge in [-0.2, -0.15) is 4.31 Å². The zero-order valence-electron chi connectivity index (χ0n) is 20.7. The Morgan fingerprint density at radius 1 is 1.21 bits per heavy atom. The lowest BCUT2D eigenvalue weighted by atomic mass is 10.1. The topological polar surface area (TPSA) is 122 Å². The maximum atomic E-state index is 14.1. The summed E-state index contributed by atoms with van der Waals surface area (Å²) in [6, 6.07) is 6.13. The highest BCUT2D eigenvalue weighted by atomic mass is 32.2. The van der Waals surface area contributed by atoms with Crippen LogP contribution in [0.25, 0.3) is 0 Å². The number of hydrogen-bond acceptors (Lipinski definition) is 9. The van der Waals surface area contributed by atoms with Crippen molar-refractivity contribution in [1.29, 1.82) is 0 Å². The molecule has 0 radical (unpaired) electrons. The van der Waals surface area contributed by atoms with Crippen molar-refractivity contribution in [3.8, 4) is 11.8 Å². The van der Waals surface area contributed by atoms with Crippen molar-refractivity contribution >= 4 is 38.1 Å². The number of thiazole rings is 1. The van der Waals surface area contributed by atoms with Gasteiger partial charge in [-0.1, -0.05) is 23.3 Å². The number of carbonyl (C=O) groups excluding carboxylic acids is 1. The first-order chi connectivity index (χ1) is 18.1. The maximum absolute atomic E-state index is 14.1. The number of benzene rings is 1. The standard InChI is InChI=1S/C25H26F2N6O3S2/c1-32(2)12-4-5-16-8-9-18(15-29-16)38(35,36)33-13-10-17(11-14-33)30-25-31-24(28)23(37-25)22(34)21-19(26)6-3-7-20(21)27/h3,6-9,15,17H,10-14,28H2,1-2H3,(H,30,31). The van der Waals surface area contributed by atoms with E-state index >= 15 is 0 Å². The average Bonchev–Trinajstić information content (AvgIpc) is 3.24. The molecule has 2 aromatic heterocycles. The van der Waals surface area contributed by atoms with Gasteiger partial charge in [0.1, 0.15) is 32.9 Å². The van der Waals surface area contributed by atoms with Crippen molar-refractivity contribution in [2.75, 3.05) is 44.8 Å². The molecule has 9 nitrogen and oxygen atoms in total. The van der Waals surface area contributed by atoms with Crippen LogP contribution < -0.4 is 11.1 Å². The van der Waals surface area contributed by atoms with E-state index in [-0.39, 0.29) is 34.7 Å². The van der Waals surface area contributed by atoms with Crippen LogP contribution in [0.2, 0.25) is 0 Å². The number of aromatic nitrogens is 2. The van der Waals surface area contributed by atoms with Crippen LogP contribution in [0.1, 0.15) is 33.8 Å². The third-order valence-corrected chi connectivity index (χ3v) is 8.70. The molecule has 3 N–H and O–H groups in total. The highest BCUT2D eigenvalue weighted by molar-refractivity contribution is 7.89. The van der Waals surface area contributed by atoms with E-state index in [1.165, 1.54) is 22.6 Å². The summed E-state index contributed by atoms with van der Waals surface area (Å²) in [6.45, 7) is 1.09. The predicted octanol–water partition coefficient (Wildman–Crippen LogP) is 2.81. The fraction of sp³-hybridized carbons (Fsp3) is 0.320. The zero-order valence-corrected chi connectivity index (χ0v) is 22.4. The van der Waals surface area contributed by atoms with Gasteiger partial charge in [0.2, 0.25) is 15.8 Å². The van der Waals surface area contributed by atoms with E-state index in [0.29, 0.717) is 30.2 Å². The second-order valence-electron chi connectivity index (χ2n) is 8.90. The molecule has 200 valence electrons. The fourth-order valence-electron chi connectivity index (χ4n) is 3.84. The number of sulfonamides is 1. The number of pyridine rings is 1. The lowest BCUT2D eigenvalue weighted by Crippen LogP contribution is -2.42. The Morgan fingerprint density at radius 2 is 1.89 bits per heavy atom. The van der Waals surface area contributed by atoms with E-state index < -0.39 is 33.0 Å². The van der Waals surface area contributed by atoms with Crippen molar-refractivity contribution in [2.24, 2.45) is 0 Å². The monoisotopic (exact) mass is 560 g/mol. The third-order valence-electron chi connectivity index (χ3n) is 5.82. The van der Waals surface area contributed by atoms with Crippen LogP contribution in [0.5, 0.6) is 0 Å². The van der Waals surface area contributed by atoms with Gasteiger partial charge in [-0.3, -0.25) is 9.69 Å². The number of nitrogens with one attached hydrogen (secondary N) is 1. The third kappa shape index (κ3) is 6.16. The Hall–Kier alpha value is -3.44. The number of carbonyl (C=O) groups is 1. The Kier molecular flexibility index (Phi) is 8.37. The molecule has 1 saturated heterocycles. The number of anilines is 2. The number of hydrogen-bond donors (Lipinski definition) is 2. The molecule has 0 aliphatic carbocycles.